The number of carbonyl (C=O) groups excluding carboxylic acids is 3. The van der Waals surface area contributed by atoms with E-state index in [1.54, 1.807) is 30.3 Å². The molecule has 1 aliphatic rings. The number of anilines is 1. The molecular weight excluding hydrogens is 420 g/mol. The van der Waals surface area contributed by atoms with Crippen LogP contribution in [-0.4, -0.2) is 22.6 Å². The largest absolute Gasteiger partial charge is 0.321 e. The Kier molecular flexibility index (Phi) is 6.70. The number of nitrogens with zero attached hydrogens (tertiary/aromatic N) is 1. The smallest absolute Gasteiger partial charge is 0.265 e. The van der Waals surface area contributed by atoms with Crippen molar-refractivity contribution in [2.45, 2.75) is 27.3 Å². The molecule has 3 amide bonds. The molecule has 0 unspecified atom stereocenters. The van der Waals surface area contributed by atoms with Crippen LogP contribution < -0.4 is 5.32 Å². The fraction of sp³-hybridized carbons (Fsp3) is 0.174. The van der Waals surface area contributed by atoms with Gasteiger partial charge in [0.1, 0.15) is 0 Å². The van der Waals surface area contributed by atoms with E-state index in [1.165, 1.54) is 4.90 Å². The lowest BCUT2D eigenvalue weighted by atomic mass is 10.1. The molecule has 0 spiro atoms. The predicted octanol–water partition coefficient (Wildman–Crippen LogP) is 5.78. The highest BCUT2D eigenvalue weighted by Crippen LogP contribution is 2.31. The number of carbonyl (C=O) groups is 3. The Balaban J connectivity index is 0.00000124. The average molecular weight is 441 g/mol. The molecule has 30 heavy (non-hydrogen) atoms. The van der Waals surface area contributed by atoms with E-state index in [0.717, 1.165) is 22.5 Å². The predicted molar refractivity (Wildman–Crippen MR) is 120 cm³/mol. The average Bonchev–Trinajstić information content (AvgIpc) is 3.29. The van der Waals surface area contributed by atoms with Gasteiger partial charge in [-0.05, 0) is 36.8 Å². The molecule has 0 saturated heterocycles. The summed E-state index contributed by atoms with van der Waals surface area (Å²) in [7, 11) is 0. The van der Waals surface area contributed by atoms with Crippen molar-refractivity contribution >= 4 is 46.3 Å². The van der Waals surface area contributed by atoms with Crippen LogP contribution in [0, 0.1) is 6.92 Å². The van der Waals surface area contributed by atoms with E-state index in [9.17, 15) is 14.4 Å². The molecule has 154 valence electrons. The molecule has 1 aromatic heterocycles. The number of amides is 3. The number of thiophene rings is 1. The number of hydrogen-bond acceptors (Lipinski definition) is 4. The Morgan fingerprint density at radius 2 is 1.70 bits per heavy atom. The lowest BCUT2D eigenvalue weighted by Gasteiger charge is -2.14. The second-order valence-corrected chi connectivity index (χ2v) is 8.18. The Labute approximate surface area is 184 Å². The molecule has 2 heterocycles. The summed E-state index contributed by atoms with van der Waals surface area (Å²) in [6.45, 7) is 6.15. The third kappa shape index (κ3) is 4.30. The van der Waals surface area contributed by atoms with E-state index in [4.69, 9.17) is 11.6 Å². The highest BCUT2D eigenvalue weighted by molar-refractivity contribution is 7.18. The van der Waals surface area contributed by atoms with Crippen LogP contribution in [0.15, 0.2) is 54.6 Å². The maximum absolute atomic E-state index is 13.0. The summed E-state index contributed by atoms with van der Waals surface area (Å²) in [4.78, 5) is 39.8. The van der Waals surface area contributed by atoms with Gasteiger partial charge in [0.15, 0.2) is 0 Å². The van der Waals surface area contributed by atoms with Gasteiger partial charge in [-0.1, -0.05) is 61.3 Å². The zero-order valence-electron chi connectivity index (χ0n) is 16.9. The molecule has 0 atom stereocenters. The number of aryl methyl sites for hydroxylation is 1. The number of fused-ring (bicyclic) bond motifs is 1. The van der Waals surface area contributed by atoms with Crippen LogP contribution in [0.2, 0.25) is 4.34 Å². The van der Waals surface area contributed by atoms with E-state index in [-0.39, 0.29) is 23.9 Å². The summed E-state index contributed by atoms with van der Waals surface area (Å²) >= 11 is 7.03. The molecule has 2 aromatic carbocycles. The normalized spacial score (nSPS) is 12.3. The van der Waals surface area contributed by atoms with Gasteiger partial charge in [-0.3, -0.25) is 19.3 Å². The molecule has 1 aliphatic heterocycles. The summed E-state index contributed by atoms with van der Waals surface area (Å²) in [6, 6.07) is 15.8. The summed E-state index contributed by atoms with van der Waals surface area (Å²) in [6.07, 6.45) is 0. The number of nitrogens with one attached hydrogen (secondary N) is 1. The summed E-state index contributed by atoms with van der Waals surface area (Å²) < 4.78 is 0.499. The van der Waals surface area contributed by atoms with Crippen LogP contribution in [0.5, 0.6) is 0 Å². The van der Waals surface area contributed by atoms with Gasteiger partial charge in [0.2, 0.25) is 0 Å². The Hall–Kier alpha value is -2.96. The van der Waals surface area contributed by atoms with Crippen LogP contribution in [0.1, 0.15) is 55.4 Å². The Morgan fingerprint density at radius 1 is 1.00 bits per heavy atom. The van der Waals surface area contributed by atoms with Crippen LogP contribution in [0.3, 0.4) is 0 Å². The minimum Gasteiger partial charge on any atom is -0.321 e. The quantitative estimate of drug-likeness (QED) is 0.522. The molecule has 4 rings (SSSR count). The number of rotatable bonds is 4. The maximum atomic E-state index is 13.0. The molecule has 7 heteroatoms. The summed E-state index contributed by atoms with van der Waals surface area (Å²) in [5.74, 6) is -1.15. The lowest BCUT2D eigenvalue weighted by Crippen LogP contribution is -2.29. The van der Waals surface area contributed by atoms with E-state index in [2.05, 4.69) is 5.32 Å². The summed E-state index contributed by atoms with van der Waals surface area (Å²) in [5, 5.41) is 2.73. The molecule has 0 radical (unpaired) electrons. The molecule has 1 N–H and O–H groups in total. The molecule has 0 fully saturated rings. The zero-order valence-corrected chi connectivity index (χ0v) is 18.4. The van der Waals surface area contributed by atoms with Crippen molar-refractivity contribution in [3.05, 3.63) is 86.1 Å². The topological polar surface area (TPSA) is 66.5 Å². The van der Waals surface area contributed by atoms with Crippen molar-refractivity contribution in [1.29, 1.82) is 0 Å². The molecule has 3 aromatic rings. The number of halogens is 1. The molecule has 0 saturated carbocycles. The Morgan fingerprint density at radius 3 is 2.33 bits per heavy atom. The molecular formula is C23H21ClN2O3S. The van der Waals surface area contributed by atoms with Gasteiger partial charge in [-0.15, -0.1) is 11.3 Å². The highest BCUT2D eigenvalue weighted by Gasteiger charge is 2.37. The fourth-order valence-corrected chi connectivity index (χ4v) is 4.02. The monoisotopic (exact) mass is 440 g/mol. The standard InChI is InChI=1S/C21H15ClN2O3S.C2H6/c1-12-5-7-13(8-6-12)11-24-20(26)14-3-2-4-15(18(14)21(24)27)23-19(25)16-9-10-17(22)28-16;1-2/h2-10H,11H2,1H3,(H,23,25);1-2H3. The van der Waals surface area contributed by atoms with E-state index < -0.39 is 5.91 Å². The minimum absolute atomic E-state index is 0.181. The van der Waals surface area contributed by atoms with Crippen LogP contribution in [-0.2, 0) is 6.54 Å². The first-order chi connectivity index (χ1) is 14.4. The maximum Gasteiger partial charge on any atom is 0.265 e. The van der Waals surface area contributed by atoms with Crippen molar-refractivity contribution < 1.29 is 14.4 Å². The van der Waals surface area contributed by atoms with Crippen molar-refractivity contribution in [1.82, 2.24) is 4.90 Å². The van der Waals surface area contributed by atoms with Gasteiger partial charge in [0.05, 0.1) is 32.6 Å². The molecule has 5 nitrogen and oxygen atoms in total. The van der Waals surface area contributed by atoms with Crippen molar-refractivity contribution in [3.8, 4) is 0 Å². The second kappa shape index (κ2) is 9.24. The van der Waals surface area contributed by atoms with Gasteiger partial charge in [0, 0.05) is 0 Å². The van der Waals surface area contributed by atoms with E-state index >= 15 is 0 Å². The highest BCUT2D eigenvalue weighted by atomic mass is 35.5. The van der Waals surface area contributed by atoms with Crippen molar-refractivity contribution in [2.24, 2.45) is 0 Å². The minimum atomic E-state index is -0.416. The fourth-order valence-electron chi connectivity index (χ4n) is 3.08. The van der Waals surface area contributed by atoms with Gasteiger partial charge in [0.25, 0.3) is 17.7 Å². The number of benzene rings is 2. The van der Waals surface area contributed by atoms with Crippen LogP contribution in [0.25, 0.3) is 0 Å². The first-order valence-corrected chi connectivity index (χ1v) is 10.7. The van der Waals surface area contributed by atoms with Crippen LogP contribution >= 0.6 is 22.9 Å². The first-order valence-electron chi connectivity index (χ1n) is 9.55. The second-order valence-electron chi connectivity index (χ2n) is 6.47. The summed E-state index contributed by atoms with van der Waals surface area (Å²) in [5.41, 5.74) is 2.79. The molecule has 0 aliphatic carbocycles. The van der Waals surface area contributed by atoms with Gasteiger partial charge < -0.3 is 5.32 Å². The van der Waals surface area contributed by atoms with Crippen LogP contribution in [0.4, 0.5) is 5.69 Å². The zero-order chi connectivity index (χ0) is 21.8. The molecule has 0 bridgehead atoms. The number of imide groups is 1. The number of hydrogen-bond donors (Lipinski definition) is 1. The van der Waals surface area contributed by atoms with Gasteiger partial charge in [-0.25, -0.2) is 0 Å². The van der Waals surface area contributed by atoms with Gasteiger partial charge in [-0.2, -0.15) is 0 Å². The third-order valence-corrected chi connectivity index (χ3v) is 5.74. The van der Waals surface area contributed by atoms with Crippen molar-refractivity contribution in [2.75, 3.05) is 5.32 Å². The SMILES string of the molecule is CC.Cc1ccc(CN2C(=O)c3cccc(NC(=O)c4ccc(Cl)s4)c3C2=O)cc1. The Bertz CT molecular complexity index is 1110. The van der Waals surface area contributed by atoms with Gasteiger partial charge >= 0.3 is 0 Å². The van der Waals surface area contributed by atoms with Crippen molar-refractivity contribution in [3.63, 3.8) is 0 Å². The van der Waals surface area contributed by atoms with E-state index in [0.29, 0.717) is 20.5 Å². The lowest BCUT2D eigenvalue weighted by molar-refractivity contribution is 0.0642. The third-order valence-electron chi connectivity index (χ3n) is 4.51. The first kappa shape index (κ1) is 21.7. The van der Waals surface area contributed by atoms with E-state index in [1.807, 2.05) is 45.0 Å².